The maximum atomic E-state index is 12.9. The molecule has 0 saturated heterocycles. The van der Waals surface area contributed by atoms with Crippen LogP contribution >= 0.6 is 0 Å². The van der Waals surface area contributed by atoms with Gasteiger partial charge in [-0.05, 0) is 41.9 Å². The van der Waals surface area contributed by atoms with Crippen molar-refractivity contribution in [2.75, 3.05) is 0 Å². The first-order valence-electron chi connectivity index (χ1n) is 6.52. The van der Waals surface area contributed by atoms with Crippen molar-refractivity contribution in [1.29, 1.82) is 0 Å². The van der Waals surface area contributed by atoms with Gasteiger partial charge in [-0.25, -0.2) is 4.39 Å². The van der Waals surface area contributed by atoms with Gasteiger partial charge in [0.1, 0.15) is 5.82 Å². The lowest BCUT2D eigenvalue weighted by Gasteiger charge is -2.42. The predicted molar refractivity (Wildman–Crippen MR) is 69.1 cm³/mol. The highest BCUT2D eigenvalue weighted by Gasteiger charge is 2.36. The van der Waals surface area contributed by atoms with Gasteiger partial charge in [0.15, 0.2) is 0 Å². The number of benzene rings is 1. The highest BCUT2D eigenvalue weighted by Crippen LogP contribution is 2.45. The van der Waals surface area contributed by atoms with Crippen molar-refractivity contribution in [3.8, 4) is 0 Å². The molecule has 1 aliphatic rings. The Hall–Kier alpha value is -0.890. The molecule has 94 valence electrons. The summed E-state index contributed by atoms with van der Waals surface area (Å²) < 4.78 is 12.9. The van der Waals surface area contributed by atoms with Crippen LogP contribution in [0.25, 0.3) is 0 Å². The van der Waals surface area contributed by atoms with E-state index in [0.717, 1.165) is 5.56 Å². The Morgan fingerprint density at radius 1 is 1.24 bits per heavy atom. The predicted octanol–water partition coefficient (Wildman–Crippen LogP) is 4.04. The zero-order chi connectivity index (χ0) is 12.5. The van der Waals surface area contributed by atoms with E-state index < -0.39 is 0 Å². The van der Waals surface area contributed by atoms with E-state index in [1.165, 1.54) is 37.8 Å². The van der Waals surface area contributed by atoms with E-state index in [4.69, 9.17) is 5.73 Å². The minimum absolute atomic E-state index is 0.0332. The fourth-order valence-corrected chi connectivity index (χ4v) is 3.10. The monoisotopic (exact) mass is 235 g/mol. The summed E-state index contributed by atoms with van der Waals surface area (Å²) in [4.78, 5) is 0. The van der Waals surface area contributed by atoms with Crippen molar-refractivity contribution in [1.82, 2.24) is 0 Å². The minimum atomic E-state index is -0.191. The normalized spacial score (nSPS) is 25.5. The molecule has 2 N–H and O–H groups in total. The lowest BCUT2D eigenvalue weighted by molar-refractivity contribution is 0.112. The van der Waals surface area contributed by atoms with Gasteiger partial charge in [-0.3, -0.25) is 0 Å². The van der Waals surface area contributed by atoms with Gasteiger partial charge in [0.25, 0.3) is 0 Å². The van der Waals surface area contributed by atoms with E-state index in [9.17, 15) is 4.39 Å². The summed E-state index contributed by atoms with van der Waals surface area (Å²) in [6, 6.07) is 6.69. The molecule has 0 amide bonds. The summed E-state index contributed by atoms with van der Waals surface area (Å²) in [6.45, 7) is 4.61. The summed E-state index contributed by atoms with van der Waals surface area (Å²) in [5, 5.41) is 0. The zero-order valence-electron chi connectivity index (χ0n) is 10.7. The Labute approximate surface area is 103 Å². The first kappa shape index (κ1) is 12.6. The van der Waals surface area contributed by atoms with Gasteiger partial charge in [0, 0.05) is 6.04 Å². The van der Waals surface area contributed by atoms with Crippen LogP contribution < -0.4 is 5.73 Å². The average Bonchev–Trinajstić information content (AvgIpc) is 2.28. The molecule has 0 radical (unpaired) electrons. The molecule has 1 fully saturated rings. The van der Waals surface area contributed by atoms with Crippen LogP contribution in [0.2, 0.25) is 0 Å². The van der Waals surface area contributed by atoms with Crippen LogP contribution in [0, 0.1) is 17.2 Å². The van der Waals surface area contributed by atoms with Gasteiger partial charge in [-0.1, -0.05) is 38.8 Å². The first-order valence-corrected chi connectivity index (χ1v) is 6.52. The van der Waals surface area contributed by atoms with Gasteiger partial charge < -0.3 is 5.73 Å². The van der Waals surface area contributed by atoms with Crippen LogP contribution in [0.15, 0.2) is 24.3 Å². The molecule has 0 aromatic heterocycles. The lowest BCUT2D eigenvalue weighted by atomic mass is 9.65. The zero-order valence-corrected chi connectivity index (χ0v) is 10.7. The third-order valence-electron chi connectivity index (χ3n) is 4.28. The van der Waals surface area contributed by atoms with Gasteiger partial charge >= 0.3 is 0 Å². The topological polar surface area (TPSA) is 26.0 Å². The van der Waals surface area contributed by atoms with Crippen LogP contribution in [0.5, 0.6) is 0 Å². The molecule has 0 aliphatic heterocycles. The molecule has 0 heterocycles. The average molecular weight is 235 g/mol. The fourth-order valence-electron chi connectivity index (χ4n) is 3.10. The molecule has 1 aromatic rings. The molecule has 1 saturated carbocycles. The number of halogens is 1. The van der Waals surface area contributed by atoms with Gasteiger partial charge in [0.2, 0.25) is 0 Å². The van der Waals surface area contributed by atoms with Crippen LogP contribution in [0.4, 0.5) is 4.39 Å². The number of nitrogens with two attached hydrogens (primary N) is 1. The second kappa shape index (κ2) is 4.77. The van der Waals surface area contributed by atoms with Crippen LogP contribution in [0.1, 0.15) is 51.1 Å². The molecule has 1 aliphatic carbocycles. The molecule has 0 spiro atoms. The standard InChI is InChI=1S/C15H22FN/c1-15(2)10-4-3-5-13(15)14(17)11-6-8-12(16)9-7-11/h6-9,13-14H,3-5,10,17H2,1-2H3. The molecule has 1 nitrogen and oxygen atoms in total. The summed E-state index contributed by atoms with van der Waals surface area (Å²) in [5.74, 6) is 0.311. The van der Waals surface area contributed by atoms with Gasteiger partial charge in [0.05, 0.1) is 0 Å². The second-order valence-electron chi connectivity index (χ2n) is 5.92. The quantitative estimate of drug-likeness (QED) is 0.822. The molecule has 1 aromatic carbocycles. The Bertz CT molecular complexity index is 369. The van der Waals surface area contributed by atoms with Gasteiger partial charge in [-0.2, -0.15) is 0 Å². The second-order valence-corrected chi connectivity index (χ2v) is 5.92. The molecular weight excluding hydrogens is 213 g/mol. The molecule has 2 rings (SSSR count). The summed E-state index contributed by atoms with van der Waals surface area (Å²) in [6.07, 6.45) is 5.00. The van der Waals surface area contributed by atoms with E-state index in [2.05, 4.69) is 13.8 Å². The summed E-state index contributed by atoms with van der Waals surface area (Å²) in [5.41, 5.74) is 7.73. The van der Waals surface area contributed by atoms with E-state index in [1.807, 2.05) is 12.1 Å². The molecular formula is C15H22FN. The van der Waals surface area contributed by atoms with Crippen LogP contribution in [0.3, 0.4) is 0 Å². The number of hydrogen-bond donors (Lipinski definition) is 1. The molecule has 2 atom stereocenters. The fraction of sp³-hybridized carbons (Fsp3) is 0.600. The third-order valence-corrected chi connectivity index (χ3v) is 4.28. The van der Waals surface area contributed by atoms with E-state index in [-0.39, 0.29) is 11.9 Å². The highest BCUT2D eigenvalue weighted by molar-refractivity contribution is 5.21. The van der Waals surface area contributed by atoms with E-state index >= 15 is 0 Å². The molecule has 2 heteroatoms. The third kappa shape index (κ3) is 2.68. The van der Waals surface area contributed by atoms with Crippen molar-refractivity contribution >= 4 is 0 Å². The lowest BCUT2D eigenvalue weighted by Crippen LogP contribution is -2.36. The Balaban J connectivity index is 2.18. The maximum absolute atomic E-state index is 12.9. The highest BCUT2D eigenvalue weighted by atomic mass is 19.1. The van der Waals surface area contributed by atoms with Gasteiger partial charge in [-0.15, -0.1) is 0 Å². The Morgan fingerprint density at radius 3 is 2.47 bits per heavy atom. The summed E-state index contributed by atoms with van der Waals surface area (Å²) in [7, 11) is 0. The molecule has 0 bridgehead atoms. The molecule has 17 heavy (non-hydrogen) atoms. The van der Waals surface area contributed by atoms with Crippen molar-refractivity contribution < 1.29 is 4.39 Å². The Morgan fingerprint density at radius 2 is 1.88 bits per heavy atom. The maximum Gasteiger partial charge on any atom is 0.123 e. The van der Waals surface area contributed by atoms with Crippen molar-refractivity contribution in [3.63, 3.8) is 0 Å². The van der Waals surface area contributed by atoms with E-state index in [0.29, 0.717) is 11.3 Å². The van der Waals surface area contributed by atoms with Crippen LogP contribution in [-0.4, -0.2) is 0 Å². The largest absolute Gasteiger partial charge is 0.324 e. The number of rotatable bonds is 2. The van der Waals surface area contributed by atoms with Crippen molar-refractivity contribution in [3.05, 3.63) is 35.6 Å². The minimum Gasteiger partial charge on any atom is -0.324 e. The molecule has 2 unspecified atom stereocenters. The SMILES string of the molecule is CC1(C)CCCCC1C(N)c1ccc(F)cc1. The van der Waals surface area contributed by atoms with Crippen molar-refractivity contribution in [2.24, 2.45) is 17.1 Å². The Kier molecular flexibility index (Phi) is 3.53. The summed E-state index contributed by atoms with van der Waals surface area (Å²) >= 11 is 0. The number of hydrogen-bond acceptors (Lipinski definition) is 1. The van der Waals surface area contributed by atoms with Crippen LogP contribution in [-0.2, 0) is 0 Å². The van der Waals surface area contributed by atoms with Crippen molar-refractivity contribution in [2.45, 2.75) is 45.6 Å². The smallest absolute Gasteiger partial charge is 0.123 e. The first-order chi connectivity index (χ1) is 8.00. The van der Waals surface area contributed by atoms with E-state index in [1.54, 1.807) is 0 Å².